The van der Waals surface area contributed by atoms with Crippen molar-refractivity contribution in [1.82, 2.24) is 4.90 Å². The maximum atomic E-state index is 12.5. The lowest BCUT2D eigenvalue weighted by Gasteiger charge is -2.36. The first-order valence-electron chi connectivity index (χ1n) is 8.91. The Kier molecular flexibility index (Phi) is 6.70. The van der Waals surface area contributed by atoms with Crippen LogP contribution in [-0.2, 0) is 4.79 Å². The molecule has 5 nitrogen and oxygen atoms in total. The summed E-state index contributed by atoms with van der Waals surface area (Å²) < 4.78 is 10.5. The van der Waals surface area contributed by atoms with Crippen molar-refractivity contribution < 1.29 is 14.3 Å². The number of piperazine rings is 1. The summed E-state index contributed by atoms with van der Waals surface area (Å²) in [5, 5.41) is 1.16. The van der Waals surface area contributed by atoms with Gasteiger partial charge in [-0.2, -0.15) is 0 Å². The van der Waals surface area contributed by atoms with Crippen molar-refractivity contribution >= 4 is 40.9 Å². The molecule has 148 valence electrons. The van der Waals surface area contributed by atoms with E-state index in [4.69, 9.17) is 32.7 Å². The minimum atomic E-state index is -0.0373. The van der Waals surface area contributed by atoms with Crippen molar-refractivity contribution in [3.05, 3.63) is 58.1 Å². The molecule has 2 aromatic carbocycles. The molecule has 0 spiro atoms. The van der Waals surface area contributed by atoms with Crippen molar-refractivity contribution in [2.24, 2.45) is 0 Å². The molecule has 0 bridgehead atoms. The standard InChI is InChI=1S/C21H22Cl2N2O3/c1-27-19-14-15(13-17(23)21(19)28-2)7-8-20(26)25-11-9-24(10-12-25)18-6-4-3-5-16(18)22/h3-8,13-14H,9-12H2,1-2H3/b8-7+. The maximum absolute atomic E-state index is 12.5. The molecule has 28 heavy (non-hydrogen) atoms. The van der Waals surface area contributed by atoms with E-state index in [2.05, 4.69) is 4.90 Å². The van der Waals surface area contributed by atoms with Gasteiger partial charge in [0.1, 0.15) is 0 Å². The molecule has 0 aliphatic carbocycles. The zero-order chi connectivity index (χ0) is 20.1. The summed E-state index contributed by atoms with van der Waals surface area (Å²) in [6, 6.07) is 11.3. The molecule has 7 heteroatoms. The van der Waals surface area contributed by atoms with Crippen molar-refractivity contribution in [2.75, 3.05) is 45.3 Å². The Morgan fingerprint density at radius 1 is 1.00 bits per heavy atom. The lowest BCUT2D eigenvalue weighted by molar-refractivity contribution is -0.126. The highest BCUT2D eigenvalue weighted by atomic mass is 35.5. The van der Waals surface area contributed by atoms with Crippen LogP contribution in [0.15, 0.2) is 42.5 Å². The number of para-hydroxylation sites is 1. The van der Waals surface area contributed by atoms with Gasteiger partial charge in [-0.25, -0.2) is 0 Å². The topological polar surface area (TPSA) is 42.0 Å². The van der Waals surface area contributed by atoms with Crippen LogP contribution in [-0.4, -0.2) is 51.2 Å². The summed E-state index contributed by atoms with van der Waals surface area (Å²) in [5.74, 6) is 0.962. The van der Waals surface area contributed by atoms with Gasteiger partial charge in [0.25, 0.3) is 0 Å². The lowest BCUT2D eigenvalue weighted by atomic mass is 10.1. The molecule has 1 saturated heterocycles. The van der Waals surface area contributed by atoms with Crippen LogP contribution in [0.1, 0.15) is 5.56 Å². The van der Waals surface area contributed by atoms with E-state index in [0.717, 1.165) is 29.4 Å². The van der Waals surface area contributed by atoms with Gasteiger partial charge in [0.15, 0.2) is 11.5 Å². The van der Waals surface area contributed by atoms with Gasteiger partial charge in [-0.15, -0.1) is 0 Å². The highest BCUT2D eigenvalue weighted by molar-refractivity contribution is 6.33. The zero-order valence-electron chi connectivity index (χ0n) is 15.8. The predicted octanol–water partition coefficient (Wildman–Crippen LogP) is 4.37. The summed E-state index contributed by atoms with van der Waals surface area (Å²) in [6.45, 7) is 2.76. The Morgan fingerprint density at radius 2 is 1.71 bits per heavy atom. The van der Waals surface area contributed by atoms with Crippen LogP contribution >= 0.6 is 23.2 Å². The summed E-state index contributed by atoms with van der Waals surface area (Å²) in [7, 11) is 3.08. The number of amides is 1. The molecule has 0 N–H and O–H groups in total. The Hall–Kier alpha value is -2.37. The van der Waals surface area contributed by atoms with Crippen LogP contribution < -0.4 is 14.4 Å². The van der Waals surface area contributed by atoms with Gasteiger partial charge in [0.2, 0.25) is 5.91 Å². The monoisotopic (exact) mass is 420 g/mol. The zero-order valence-corrected chi connectivity index (χ0v) is 17.3. The molecule has 0 aromatic heterocycles. The quantitative estimate of drug-likeness (QED) is 0.673. The number of hydrogen-bond acceptors (Lipinski definition) is 4. The fourth-order valence-corrected chi connectivity index (χ4v) is 3.73. The van der Waals surface area contributed by atoms with Crippen molar-refractivity contribution in [1.29, 1.82) is 0 Å². The molecular weight excluding hydrogens is 399 g/mol. The lowest BCUT2D eigenvalue weighted by Crippen LogP contribution is -2.48. The first-order valence-corrected chi connectivity index (χ1v) is 9.67. The highest BCUT2D eigenvalue weighted by Gasteiger charge is 2.21. The van der Waals surface area contributed by atoms with Crippen LogP contribution in [0.3, 0.4) is 0 Å². The number of carbonyl (C=O) groups is 1. The molecule has 1 aliphatic heterocycles. The maximum Gasteiger partial charge on any atom is 0.246 e. The Labute approximate surface area is 175 Å². The molecule has 2 aromatic rings. The van der Waals surface area contributed by atoms with Gasteiger partial charge >= 0.3 is 0 Å². The third kappa shape index (κ3) is 4.54. The SMILES string of the molecule is COc1cc(/C=C/C(=O)N2CCN(c3ccccc3Cl)CC2)cc(Cl)c1OC. The first kappa shape index (κ1) is 20.4. The Bertz CT molecular complexity index is 878. The third-order valence-electron chi connectivity index (χ3n) is 4.66. The van der Waals surface area contributed by atoms with Gasteiger partial charge in [0.05, 0.1) is 30.0 Å². The second kappa shape index (κ2) is 9.22. The molecule has 3 rings (SSSR count). The fourth-order valence-electron chi connectivity index (χ4n) is 3.18. The van der Waals surface area contributed by atoms with Crippen LogP contribution in [0, 0.1) is 0 Å². The average molecular weight is 421 g/mol. The molecule has 0 unspecified atom stereocenters. The number of halogens is 2. The Morgan fingerprint density at radius 3 is 2.36 bits per heavy atom. The number of carbonyl (C=O) groups excluding carboxylic acids is 1. The average Bonchev–Trinajstić information content (AvgIpc) is 2.72. The number of rotatable bonds is 5. The number of benzene rings is 2. The van der Waals surface area contributed by atoms with Crippen molar-refractivity contribution in [2.45, 2.75) is 0 Å². The van der Waals surface area contributed by atoms with E-state index in [0.29, 0.717) is 29.6 Å². The first-order chi connectivity index (χ1) is 13.5. The third-order valence-corrected chi connectivity index (χ3v) is 5.26. The van der Waals surface area contributed by atoms with E-state index in [1.807, 2.05) is 29.2 Å². The molecular formula is C21H22Cl2N2O3. The van der Waals surface area contributed by atoms with Crippen LogP contribution in [0.4, 0.5) is 5.69 Å². The van der Waals surface area contributed by atoms with Gasteiger partial charge in [0, 0.05) is 32.3 Å². The fraction of sp³-hybridized carbons (Fsp3) is 0.286. The normalized spacial score (nSPS) is 14.4. The second-order valence-electron chi connectivity index (χ2n) is 6.34. The molecule has 1 aliphatic rings. The number of nitrogens with zero attached hydrogens (tertiary/aromatic N) is 2. The number of ether oxygens (including phenoxy) is 2. The van der Waals surface area contributed by atoms with Gasteiger partial charge in [-0.1, -0.05) is 35.3 Å². The van der Waals surface area contributed by atoms with E-state index < -0.39 is 0 Å². The van der Waals surface area contributed by atoms with Crippen LogP contribution in [0.25, 0.3) is 6.08 Å². The van der Waals surface area contributed by atoms with E-state index in [1.54, 1.807) is 31.4 Å². The largest absolute Gasteiger partial charge is 0.493 e. The summed E-state index contributed by atoms with van der Waals surface area (Å²) in [5.41, 5.74) is 1.78. The number of hydrogen-bond donors (Lipinski definition) is 0. The Balaban J connectivity index is 1.63. The molecule has 1 heterocycles. The summed E-state index contributed by atoms with van der Waals surface area (Å²) >= 11 is 12.5. The van der Waals surface area contributed by atoms with Crippen molar-refractivity contribution in [3.8, 4) is 11.5 Å². The minimum absolute atomic E-state index is 0.0373. The molecule has 0 saturated carbocycles. The summed E-state index contributed by atoms with van der Waals surface area (Å²) in [6.07, 6.45) is 3.29. The highest BCUT2D eigenvalue weighted by Crippen LogP contribution is 2.36. The van der Waals surface area contributed by atoms with Gasteiger partial charge in [-0.05, 0) is 35.9 Å². The predicted molar refractivity (Wildman–Crippen MR) is 114 cm³/mol. The van der Waals surface area contributed by atoms with Crippen LogP contribution in [0.2, 0.25) is 10.0 Å². The molecule has 1 amide bonds. The van der Waals surface area contributed by atoms with E-state index in [9.17, 15) is 4.79 Å². The van der Waals surface area contributed by atoms with E-state index >= 15 is 0 Å². The molecule has 1 fully saturated rings. The number of anilines is 1. The van der Waals surface area contributed by atoms with Crippen molar-refractivity contribution in [3.63, 3.8) is 0 Å². The smallest absolute Gasteiger partial charge is 0.246 e. The van der Waals surface area contributed by atoms with Crippen LogP contribution in [0.5, 0.6) is 11.5 Å². The minimum Gasteiger partial charge on any atom is -0.493 e. The molecule has 0 radical (unpaired) electrons. The van der Waals surface area contributed by atoms with E-state index in [-0.39, 0.29) is 5.91 Å². The molecule has 0 atom stereocenters. The summed E-state index contributed by atoms with van der Waals surface area (Å²) in [4.78, 5) is 16.6. The second-order valence-corrected chi connectivity index (χ2v) is 7.15. The van der Waals surface area contributed by atoms with Gasteiger partial charge < -0.3 is 19.3 Å². The number of methoxy groups -OCH3 is 2. The van der Waals surface area contributed by atoms with E-state index in [1.165, 1.54) is 7.11 Å². The van der Waals surface area contributed by atoms with Gasteiger partial charge in [-0.3, -0.25) is 4.79 Å².